The van der Waals surface area contributed by atoms with Crippen LogP contribution in [0.5, 0.6) is 0 Å². The fourth-order valence-electron chi connectivity index (χ4n) is 4.86. The Labute approximate surface area is 219 Å². The average Bonchev–Trinajstić information content (AvgIpc) is 3.39. The molecular formula is C26H24F3N5O3S. The van der Waals surface area contributed by atoms with Gasteiger partial charge in [-0.1, -0.05) is 6.07 Å². The molecule has 3 aromatic heterocycles. The van der Waals surface area contributed by atoms with E-state index in [-0.39, 0.29) is 17.8 Å². The van der Waals surface area contributed by atoms with Crippen LogP contribution in [0.3, 0.4) is 0 Å². The van der Waals surface area contributed by atoms with Crippen LogP contribution in [0.2, 0.25) is 0 Å². The van der Waals surface area contributed by atoms with Crippen LogP contribution in [-0.4, -0.2) is 36.1 Å². The van der Waals surface area contributed by atoms with Crippen molar-refractivity contribution in [3.05, 3.63) is 59.6 Å². The number of carboxylic acid groups (broad SMARTS) is 1. The Bertz CT molecular complexity index is 1480. The maximum Gasteiger partial charge on any atom is 0.433 e. The number of nitrogens with one attached hydrogen (secondary N) is 1. The van der Waals surface area contributed by atoms with Gasteiger partial charge in [0.15, 0.2) is 0 Å². The second kappa shape index (κ2) is 9.91. The minimum absolute atomic E-state index is 0.0852. The third kappa shape index (κ3) is 5.18. The van der Waals surface area contributed by atoms with E-state index < -0.39 is 23.4 Å². The quantitative estimate of drug-likeness (QED) is 0.270. The Balaban J connectivity index is 1.38. The Morgan fingerprint density at radius 3 is 2.50 bits per heavy atom. The highest BCUT2D eigenvalue weighted by Gasteiger charge is 2.40. The van der Waals surface area contributed by atoms with Crippen LogP contribution in [0, 0.1) is 11.8 Å². The van der Waals surface area contributed by atoms with Crippen molar-refractivity contribution in [1.82, 2.24) is 19.9 Å². The molecule has 3 heterocycles. The van der Waals surface area contributed by atoms with Gasteiger partial charge in [-0.05, 0) is 62.8 Å². The van der Waals surface area contributed by atoms with Crippen LogP contribution in [0.15, 0.2) is 48.9 Å². The number of nitrogens with zero attached hydrogens (tertiary/aromatic N) is 4. The number of rotatable bonds is 6. The number of carboxylic acids is 1. The van der Waals surface area contributed by atoms with Gasteiger partial charge in [0.2, 0.25) is 5.95 Å². The summed E-state index contributed by atoms with van der Waals surface area (Å²) in [7, 11) is 0. The number of alkyl halides is 3. The number of aromatic nitrogens is 4. The van der Waals surface area contributed by atoms with E-state index >= 15 is 0 Å². The van der Waals surface area contributed by atoms with Crippen molar-refractivity contribution in [1.29, 1.82) is 0 Å². The van der Waals surface area contributed by atoms with Gasteiger partial charge in [0, 0.05) is 35.2 Å². The van der Waals surface area contributed by atoms with E-state index in [1.54, 1.807) is 37.5 Å². The third-order valence-corrected chi connectivity index (χ3v) is 8.28. The molecule has 0 spiro atoms. The molecule has 0 bridgehead atoms. The Morgan fingerprint density at radius 1 is 1.05 bits per heavy atom. The highest BCUT2D eigenvalue weighted by molar-refractivity contribution is 7.15. The summed E-state index contributed by atoms with van der Waals surface area (Å²) in [5.41, 5.74) is -0.286. The Morgan fingerprint density at radius 2 is 1.79 bits per heavy atom. The number of thiazole rings is 1. The summed E-state index contributed by atoms with van der Waals surface area (Å²) in [4.78, 5) is 28.4. The molecule has 1 aliphatic carbocycles. The van der Waals surface area contributed by atoms with Crippen LogP contribution in [0.4, 0.5) is 24.8 Å². The molecule has 1 fully saturated rings. The summed E-state index contributed by atoms with van der Waals surface area (Å²) in [6.07, 6.45) is 2.10. The summed E-state index contributed by atoms with van der Waals surface area (Å²) in [6.45, 7) is 1.74. The fourth-order valence-corrected chi connectivity index (χ4v) is 5.94. The number of hydrogen-bond donors (Lipinski definition) is 3. The van der Waals surface area contributed by atoms with Crippen LogP contribution in [-0.2, 0) is 16.6 Å². The van der Waals surface area contributed by atoms with Gasteiger partial charge in [-0.2, -0.15) is 13.2 Å². The van der Waals surface area contributed by atoms with Crippen molar-refractivity contribution in [3.8, 4) is 10.4 Å². The average molecular weight is 544 g/mol. The molecule has 1 aromatic carbocycles. The molecule has 0 aliphatic heterocycles. The van der Waals surface area contributed by atoms with Crippen LogP contribution in [0.1, 0.15) is 43.3 Å². The molecule has 12 heteroatoms. The van der Waals surface area contributed by atoms with Gasteiger partial charge < -0.3 is 15.5 Å². The zero-order valence-electron chi connectivity index (χ0n) is 20.2. The highest BCUT2D eigenvalue weighted by Crippen LogP contribution is 2.44. The number of halogens is 3. The van der Waals surface area contributed by atoms with Crippen molar-refractivity contribution in [2.45, 2.75) is 44.4 Å². The molecular weight excluding hydrogens is 519 g/mol. The van der Waals surface area contributed by atoms with E-state index in [4.69, 9.17) is 0 Å². The molecule has 38 heavy (non-hydrogen) atoms. The van der Waals surface area contributed by atoms with E-state index in [0.717, 1.165) is 28.1 Å². The molecule has 198 valence electrons. The van der Waals surface area contributed by atoms with Crippen molar-refractivity contribution >= 4 is 39.8 Å². The van der Waals surface area contributed by atoms with Gasteiger partial charge in [0.25, 0.3) is 0 Å². The molecule has 3 N–H and O–H groups in total. The largest absolute Gasteiger partial charge is 0.481 e. The summed E-state index contributed by atoms with van der Waals surface area (Å²) >= 11 is 1.37. The molecule has 1 saturated carbocycles. The molecule has 0 radical (unpaired) electrons. The molecule has 0 saturated heterocycles. The first-order chi connectivity index (χ1) is 18.0. The maximum absolute atomic E-state index is 13.0. The van der Waals surface area contributed by atoms with Gasteiger partial charge in [0.05, 0.1) is 16.3 Å². The lowest BCUT2D eigenvalue weighted by atomic mass is 9.74. The summed E-state index contributed by atoms with van der Waals surface area (Å²) in [6, 6.07) is 7.85. The van der Waals surface area contributed by atoms with Gasteiger partial charge in [-0.25, -0.2) is 15.0 Å². The van der Waals surface area contributed by atoms with Gasteiger partial charge in [-0.15, -0.1) is 11.3 Å². The number of anilines is 2. The zero-order chi connectivity index (χ0) is 27.1. The first-order valence-corrected chi connectivity index (χ1v) is 12.8. The van der Waals surface area contributed by atoms with Gasteiger partial charge in [-0.3, -0.25) is 9.78 Å². The molecule has 0 unspecified atom stereocenters. The number of benzene rings is 1. The topological polar surface area (TPSA) is 121 Å². The summed E-state index contributed by atoms with van der Waals surface area (Å²) < 4.78 is 38.9. The second-order valence-electron chi connectivity index (χ2n) is 9.54. The lowest BCUT2D eigenvalue weighted by Crippen LogP contribution is -2.35. The molecule has 1 atom stereocenters. The number of aliphatic carboxylic acids is 1. The van der Waals surface area contributed by atoms with E-state index in [0.29, 0.717) is 41.9 Å². The number of aliphatic hydroxyl groups is 1. The zero-order valence-corrected chi connectivity index (χ0v) is 21.1. The number of fused-ring (bicyclic) bond motifs is 1. The van der Waals surface area contributed by atoms with Crippen LogP contribution >= 0.6 is 11.3 Å². The molecule has 0 amide bonds. The SMILES string of the molecule is C[C@](O)(c1ncc(-c2ccnc3cc(Nc4nccc(C(F)(F)F)n4)ccc23)s1)C1CCC(C(=O)O)CC1. The van der Waals surface area contributed by atoms with Crippen molar-refractivity contribution in [2.24, 2.45) is 11.8 Å². The molecule has 1 aliphatic rings. The molecule has 8 nitrogen and oxygen atoms in total. The monoisotopic (exact) mass is 543 g/mol. The summed E-state index contributed by atoms with van der Waals surface area (Å²) in [5, 5.41) is 24.8. The van der Waals surface area contributed by atoms with E-state index in [2.05, 4.69) is 25.3 Å². The number of carbonyl (C=O) groups is 1. The first-order valence-electron chi connectivity index (χ1n) is 12.0. The van der Waals surface area contributed by atoms with Crippen molar-refractivity contribution < 1.29 is 28.2 Å². The third-order valence-electron chi connectivity index (χ3n) is 7.02. The standard InChI is InChI=1S/C26H24F3N5O3S/c1-25(37,15-4-2-14(3-5-15)22(35)36)23-32-13-20(38-23)18-8-10-30-19-12-16(6-7-17(18)19)33-24-31-11-9-21(34-24)26(27,28)29/h6-15,37H,2-5H2,1H3,(H,35,36)(H,31,33,34)/t14?,15?,25-/m1/s1. The second-order valence-corrected chi connectivity index (χ2v) is 10.6. The van der Waals surface area contributed by atoms with Crippen molar-refractivity contribution in [2.75, 3.05) is 5.32 Å². The van der Waals surface area contributed by atoms with Crippen molar-refractivity contribution in [3.63, 3.8) is 0 Å². The molecule has 4 aromatic rings. The Hall–Kier alpha value is -3.64. The maximum atomic E-state index is 13.0. The lowest BCUT2D eigenvalue weighted by molar-refractivity contribution is -0.144. The number of hydrogen-bond acceptors (Lipinski definition) is 8. The minimum Gasteiger partial charge on any atom is -0.481 e. The molecule has 5 rings (SSSR count). The highest BCUT2D eigenvalue weighted by atomic mass is 32.1. The van der Waals surface area contributed by atoms with Crippen LogP contribution in [0.25, 0.3) is 21.3 Å². The predicted octanol–water partition coefficient (Wildman–Crippen LogP) is 6.01. The normalized spacial score (nSPS) is 19.7. The van der Waals surface area contributed by atoms with Gasteiger partial charge in [0.1, 0.15) is 16.3 Å². The smallest absolute Gasteiger partial charge is 0.433 e. The predicted molar refractivity (Wildman–Crippen MR) is 136 cm³/mol. The number of pyridine rings is 1. The Kier molecular flexibility index (Phi) is 6.78. The minimum atomic E-state index is -4.57. The lowest BCUT2D eigenvalue weighted by Gasteiger charge is -2.35. The van der Waals surface area contributed by atoms with E-state index in [9.17, 15) is 28.2 Å². The van der Waals surface area contributed by atoms with Crippen LogP contribution < -0.4 is 5.32 Å². The fraction of sp³-hybridized carbons (Fsp3) is 0.346. The first kappa shape index (κ1) is 26.0. The van der Waals surface area contributed by atoms with Gasteiger partial charge >= 0.3 is 12.1 Å². The summed E-state index contributed by atoms with van der Waals surface area (Å²) in [5.74, 6) is -1.42. The van der Waals surface area contributed by atoms with E-state index in [1.807, 2.05) is 6.07 Å². The van der Waals surface area contributed by atoms with E-state index in [1.165, 1.54) is 11.3 Å².